The van der Waals surface area contributed by atoms with E-state index in [9.17, 15) is 0 Å². The van der Waals surface area contributed by atoms with Gasteiger partial charge < -0.3 is 10.2 Å². The molecule has 2 rings (SSSR count). The van der Waals surface area contributed by atoms with Crippen LogP contribution < -0.4 is 5.32 Å². The van der Waals surface area contributed by atoms with Crippen molar-refractivity contribution < 1.29 is 0 Å². The lowest BCUT2D eigenvalue weighted by Crippen LogP contribution is -2.45. The van der Waals surface area contributed by atoms with E-state index < -0.39 is 0 Å². The summed E-state index contributed by atoms with van der Waals surface area (Å²) in [5.41, 5.74) is 2.74. The quantitative estimate of drug-likeness (QED) is 0.897. The van der Waals surface area contributed by atoms with Crippen molar-refractivity contribution >= 4 is 24.8 Å². The molecule has 1 aromatic carbocycles. The Labute approximate surface area is 135 Å². The minimum Gasteiger partial charge on any atom is -0.314 e. The molecule has 1 aliphatic rings. The van der Waals surface area contributed by atoms with Crippen LogP contribution in [0.25, 0.3) is 0 Å². The van der Waals surface area contributed by atoms with Crippen LogP contribution >= 0.6 is 24.8 Å². The Kier molecular flexibility index (Phi) is 10.2. The normalized spacial score (nSPS) is 15.6. The van der Waals surface area contributed by atoms with Crippen LogP contribution in [-0.2, 0) is 6.54 Å². The maximum atomic E-state index is 3.39. The highest BCUT2D eigenvalue weighted by Crippen LogP contribution is 2.05. The lowest BCUT2D eigenvalue weighted by atomic mass is 10.1. The van der Waals surface area contributed by atoms with Crippen LogP contribution in [0.3, 0.4) is 0 Å². The van der Waals surface area contributed by atoms with Crippen LogP contribution in [0, 0.1) is 6.92 Å². The summed E-state index contributed by atoms with van der Waals surface area (Å²) in [6.07, 6.45) is 0. The van der Waals surface area contributed by atoms with Crippen LogP contribution in [0.2, 0.25) is 0 Å². The van der Waals surface area contributed by atoms with Gasteiger partial charge in [-0.15, -0.1) is 24.8 Å². The largest absolute Gasteiger partial charge is 0.314 e. The SMILES string of the molecule is Cc1ccc(CN(C)CCN2CCNCC2)cc1.Cl.Cl. The van der Waals surface area contributed by atoms with E-state index in [0.29, 0.717) is 0 Å². The Morgan fingerprint density at radius 3 is 2.30 bits per heavy atom. The van der Waals surface area contributed by atoms with Gasteiger partial charge in [0.15, 0.2) is 0 Å². The number of hydrogen-bond acceptors (Lipinski definition) is 3. The molecule has 1 saturated heterocycles. The summed E-state index contributed by atoms with van der Waals surface area (Å²) in [6, 6.07) is 8.85. The minimum atomic E-state index is 0. The average molecular weight is 320 g/mol. The van der Waals surface area contributed by atoms with E-state index in [-0.39, 0.29) is 24.8 Å². The van der Waals surface area contributed by atoms with Gasteiger partial charge in [-0.25, -0.2) is 0 Å². The van der Waals surface area contributed by atoms with E-state index in [1.54, 1.807) is 0 Å². The van der Waals surface area contributed by atoms with Crippen molar-refractivity contribution in [3.05, 3.63) is 35.4 Å². The molecule has 1 aromatic rings. The first-order chi connectivity index (χ1) is 8.74. The predicted molar refractivity (Wildman–Crippen MR) is 91.3 cm³/mol. The van der Waals surface area contributed by atoms with Crippen LogP contribution in [-0.4, -0.2) is 56.1 Å². The second kappa shape index (κ2) is 10.4. The molecule has 1 aliphatic heterocycles. The molecule has 0 atom stereocenters. The van der Waals surface area contributed by atoms with E-state index in [1.165, 1.54) is 30.8 Å². The number of halogens is 2. The zero-order valence-corrected chi connectivity index (χ0v) is 14.1. The Morgan fingerprint density at radius 2 is 1.70 bits per heavy atom. The molecule has 0 radical (unpaired) electrons. The van der Waals surface area contributed by atoms with Gasteiger partial charge in [-0.05, 0) is 19.5 Å². The maximum Gasteiger partial charge on any atom is 0.0231 e. The fourth-order valence-corrected chi connectivity index (χ4v) is 2.33. The monoisotopic (exact) mass is 319 g/mol. The molecule has 1 heterocycles. The number of likely N-dealkylation sites (N-methyl/N-ethyl adjacent to an activating group) is 1. The van der Waals surface area contributed by atoms with Crippen molar-refractivity contribution in [3.63, 3.8) is 0 Å². The van der Waals surface area contributed by atoms with Crippen molar-refractivity contribution in [1.82, 2.24) is 15.1 Å². The van der Waals surface area contributed by atoms with E-state index in [0.717, 1.165) is 26.2 Å². The molecule has 3 nitrogen and oxygen atoms in total. The number of nitrogens with one attached hydrogen (secondary N) is 1. The molecular weight excluding hydrogens is 293 g/mol. The fraction of sp³-hybridized carbons (Fsp3) is 0.600. The lowest BCUT2D eigenvalue weighted by Gasteiger charge is -2.29. The van der Waals surface area contributed by atoms with E-state index in [4.69, 9.17) is 0 Å². The number of piperazine rings is 1. The molecule has 116 valence electrons. The van der Waals surface area contributed by atoms with Gasteiger partial charge in [-0.1, -0.05) is 29.8 Å². The van der Waals surface area contributed by atoms with E-state index in [2.05, 4.69) is 53.4 Å². The van der Waals surface area contributed by atoms with E-state index >= 15 is 0 Å². The second-order valence-corrected chi connectivity index (χ2v) is 5.32. The van der Waals surface area contributed by atoms with Crippen molar-refractivity contribution in [3.8, 4) is 0 Å². The van der Waals surface area contributed by atoms with Gasteiger partial charge in [0, 0.05) is 45.8 Å². The summed E-state index contributed by atoms with van der Waals surface area (Å²) < 4.78 is 0. The lowest BCUT2D eigenvalue weighted by molar-refractivity contribution is 0.202. The molecule has 1 fully saturated rings. The summed E-state index contributed by atoms with van der Waals surface area (Å²) in [4.78, 5) is 4.95. The number of benzene rings is 1. The van der Waals surface area contributed by atoms with Gasteiger partial charge >= 0.3 is 0 Å². The molecule has 0 saturated carbocycles. The fourth-order valence-electron chi connectivity index (χ4n) is 2.33. The predicted octanol–water partition coefficient (Wildman–Crippen LogP) is 2.18. The first kappa shape index (κ1) is 19.7. The minimum absolute atomic E-state index is 0. The van der Waals surface area contributed by atoms with Crippen molar-refractivity contribution in [1.29, 1.82) is 0 Å². The highest BCUT2D eigenvalue weighted by Gasteiger charge is 2.09. The zero-order valence-electron chi connectivity index (χ0n) is 12.5. The van der Waals surface area contributed by atoms with Crippen LogP contribution in [0.4, 0.5) is 0 Å². The van der Waals surface area contributed by atoms with Gasteiger partial charge in [-0.2, -0.15) is 0 Å². The van der Waals surface area contributed by atoms with Gasteiger partial charge in [0.25, 0.3) is 0 Å². The Morgan fingerprint density at radius 1 is 1.10 bits per heavy atom. The third-order valence-electron chi connectivity index (χ3n) is 3.58. The number of rotatable bonds is 5. The second-order valence-electron chi connectivity index (χ2n) is 5.32. The molecule has 0 amide bonds. The van der Waals surface area contributed by atoms with Crippen LogP contribution in [0.5, 0.6) is 0 Å². The highest BCUT2D eigenvalue weighted by molar-refractivity contribution is 5.85. The summed E-state index contributed by atoms with van der Waals surface area (Å²) in [5.74, 6) is 0. The van der Waals surface area contributed by atoms with Gasteiger partial charge in [0.05, 0.1) is 0 Å². The highest BCUT2D eigenvalue weighted by atomic mass is 35.5. The number of nitrogens with zero attached hydrogens (tertiary/aromatic N) is 2. The first-order valence-corrected chi connectivity index (χ1v) is 6.91. The van der Waals surface area contributed by atoms with Crippen molar-refractivity contribution in [2.24, 2.45) is 0 Å². The molecule has 0 aromatic heterocycles. The molecule has 0 aliphatic carbocycles. The molecule has 1 N–H and O–H groups in total. The van der Waals surface area contributed by atoms with Gasteiger partial charge in [0.1, 0.15) is 0 Å². The standard InChI is InChI=1S/C15H25N3.2ClH/c1-14-3-5-15(6-4-14)13-17(2)11-12-18-9-7-16-8-10-18;;/h3-6,16H,7-13H2,1-2H3;2*1H. The van der Waals surface area contributed by atoms with Crippen molar-refractivity contribution in [2.75, 3.05) is 46.3 Å². The third kappa shape index (κ3) is 6.91. The number of hydrogen-bond donors (Lipinski definition) is 1. The summed E-state index contributed by atoms with van der Waals surface area (Å²) >= 11 is 0. The van der Waals surface area contributed by atoms with Crippen LogP contribution in [0.1, 0.15) is 11.1 Å². The van der Waals surface area contributed by atoms with Gasteiger partial charge in [-0.3, -0.25) is 4.90 Å². The Bertz CT molecular complexity index is 351. The van der Waals surface area contributed by atoms with Gasteiger partial charge in [0.2, 0.25) is 0 Å². The summed E-state index contributed by atoms with van der Waals surface area (Å²) in [5, 5.41) is 3.39. The first-order valence-electron chi connectivity index (χ1n) is 6.91. The Balaban J connectivity index is 0.00000180. The topological polar surface area (TPSA) is 18.5 Å². The molecule has 0 unspecified atom stereocenters. The zero-order chi connectivity index (χ0) is 12.8. The Hall–Kier alpha value is -0.320. The van der Waals surface area contributed by atoms with Crippen molar-refractivity contribution in [2.45, 2.75) is 13.5 Å². The maximum absolute atomic E-state index is 3.39. The van der Waals surface area contributed by atoms with E-state index in [1.807, 2.05) is 0 Å². The molecule has 20 heavy (non-hydrogen) atoms. The molecule has 0 bridgehead atoms. The molecule has 5 heteroatoms. The third-order valence-corrected chi connectivity index (χ3v) is 3.58. The average Bonchev–Trinajstić information content (AvgIpc) is 2.40. The van der Waals surface area contributed by atoms with Crippen LogP contribution in [0.15, 0.2) is 24.3 Å². The number of aryl methyl sites for hydroxylation is 1. The summed E-state index contributed by atoms with van der Waals surface area (Å²) in [7, 11) is 2.21. The smallest absolute Gasteiger partial charge is 0.0231 e. The summed E-state index contributed by atoms with van der Waals surface area (Å²) in [6.45, 7) is 10.2. The molecule has 0 spiro atoms. The molecular formula is C15H27Cl2N3.